The summed E-state index contributed by atoms with van der Waals surface area (Å²) in [7, 11) is 1.69. The highest BCUT2D eigenvalue weighted by Gasteiger charge is 2.10. The molecule has 110 valence electrons. The normalized spacial score (nSPS) is 10.2. The van der Waals surface area contributed by atoms with Crippen LogP contribution >= 0.6 is 0 Å². The van der Waals surface area contributed by atoms with E-state index in [1.54, 1.807) is 25.4 Å². The molecule has 2 rings (SSSR count). The van der Waals surface area contributed by atoms with Crippen LogP contribution in [0.15, 0.2) is 30.5 Å². The lowest BCUT2D eigenvalue weighted by Gasteiger charge is -2.06. The first-order chi connectivity index (χ1) is 10.1. The van der Waals surface area contributed by atoms with E-state index < -0.39 is 0 Å². The van der Waals surface area contributed by atoms with Crippen molar-refractivity contribution in [3.05, 3.63) is 41.9 Å². The summed E-state index contributed by atoms with van der Waals surface area (Å²) in [5.41, 5.74) is 1.29. The van der Waals surface area contributed by atoms with Gasteiger partial charge in [-0.15, -0.1) is 0 Å². The molecule has 0 atom stereocenters. The summed E-state index contributed by atoms with van der Waals surface area (Å²) < 4.78 is 1.48. The van der Waals surface area contributed by atoms with Crippen LogP contribution in [0.3, 0.4) is 0 Å². The molecule has 2 N–H and O–H groups in total. The zero-order chi connectivity index (χ0) is 15.2. The molecule has 0 spiro atoms. The lowest BCUT2D eigenvalue weighted by molar-refractivity contribution is -0.116. The molecule has 0 unspecified atom stereocenters. The van der Waals surface area contributed by atoms with E-state index in [0.717, 1.165) is 5.69 Å². The molecule has 0 aromatic carbocycles. The first-order valence-corrected chi connectivity index (χ1v) is 6.56. The van der Waals surface area contributed by atoms with Crippen molar-refractivity contribution < 1.29 is 9.59 Å². The quantitative estimate of drug-likeness (QED) is 0.854. The monoisotopic (exact) mass is 287 g/mol. The molecule has 0 fully saturated rings. The Bertz CT molecular complexity index is 650. The maximum absolute atomic E-state index is 11.8. The highest BCUT2D eigenvalue weighted by molar-refractivity contribution is 5.93. The van der Waals surface area contributed by atoms with Gasteiger partial charge < -0.3 is 10.6 Å². The summed E-state index contributed by atoms with van der Waals surface area (Å²) in [6, 6.07) is 7.01. The van der Waals surface area contributed by atoms with E-state index in [9.17, 15) is 9.59 Å². The molecule has 0 aliphatic rings. The van der Waals surface area contributed by atoms with Gasteiger partial charge in [0.1, 0.15) is 11.5 Å². The maximum atomic E-state index is 11.8. The van der Waals surface area contributed by atoms with Gasteiger partial charge in [0.15, 0.2) is 0 Å². The van der Waals surface area contributed by atoms with Gasteiger partial charge in [-0.1, -0.05) is 6.07 Å². The van der Waals surface area contributed by atoms with Crippen molar-refractivity contribution in [2.75, 3.05) is 11.9 Å². The predicted octanol–water partition coefficient (Wildman–Crippen LogP) is 0.882. The summed E-state index contributed by atoms with van der Waals surface area (Å²) in [5, 5.41) is 9.27. The van der Waals surface area contributed by atoms with Crippen LogP contribution in [0.25, 0.3) is 0 Å². The minimum absolute atomic E-state index is 0.180. The Labute approximate surface area is 122 Å². The van der Waals surface area contributed by atoms with Gasteiger partial charge in [-0.2, -0.15) is 5.10 Å². The number of rotatable bonds is 5. The van der Waals surface area contributed by atoms with Gasteiger partial charge in [0.25, 0.3) is 5.91 Å². The molecule has 0 aliphatic heterocycles. The molecule has 0 radical (unpaired) electrons. The number of hydrogen-bond acceptors (Lipinski definition) is 4. The van der Waals surface area contributed by atoms with E-state index in [1.807, 2.05) is 19.1 Å². The van der Waals surface area contributed by atoms with Crippen molar-refractivity contribution in [2.24, 2.45) is 7.05 Å². The van der Waals surface area contributed by atoms with Crippen LogP contribution in [-0.4, -0.2) is 33.1 Å². The van der Waals surface area contributed by atoms with Gasteiger partial charge in [0, 0.05) is 31.9 Å². The molecule has 2 aromatic heterocycles. The number of carbonyl (C=O) groups is 2. The second-order valence-corrected chi connectivity index (χ2v) is 4.56. The van der Waals surface area contributed by atoms with Crippen LogP contribution in [-0.2, 0) is 11.8 Å². The predicted molar refractivity (Wildman–Crippen MR) is 77.8 cm³/mol. The number of nitrogens with one attached hydrogen (secondary N) is 2. The zero-order valence-electron chi connectivity index (χ0n) is 12.0. The lowest BCUT2D eigenvalue weighted by Crippen LogP contribution is -2.29. The minimum Gasteiger partial charge on any atom is -0.350 e. The molecule has 7 nitrogen and oxygen atoms in total. The standard InChI is InChI=1S/C14H17N5O2/c1-10-4-3-5-12(17-10)18-13(20)7-8-15-14(21)11-6-9-16-19(11)2/h3-6,9H,7-8H2,1-2H3,(H,15,21)(H,17,18,20). The number of anilines is 1. The highest BCUT2D eigenvalue weighted by Crippen LogP contribution is 2.04. The van der Waals surface area contributed by atoms with E-state index in [2.05, 4.69) is 20.7 Å². The minimum atomic E-state index is -0.253. The average molecular weight is 287 g/mol. The third-order valence-electron chi connectivity index (χ3n) is 2.85. The average Bonchev–Trinajstić information content (AvgIpc) is 2.85. The molecule has 0 aliphatic carbocycles. The Morgan fingerprint density at radius 1 is 1.29 bits per heavy atom. The first-order valence-electron chi connectivity index (χ1n) is 6.56. The summed E-state index contributed by atoms with van der Waals surface area (Å²) in [5.74, 6) is 0.0628. The largest absolute Gasteiger partial charge is 0.350 e. The second-order valence-electron chi connectivity index (χ2n) is 4.56. The third kappa shape index (κ3) is 4.13. The molecule has 0 saturated carbocycles. The van der Waals surface area contributed by atoms with Gasteiger partial charge in [-0.25, -0.2) is 4.98 Å². The Morgan fingerprint density at radius 3 is 2.76 bits per heavy atom. The number of carbonyl (C=O) groups excluding carboxylic acids is 2. The second kappa shape index (κ2) is 6.65. The fourth-order valence-electron chi connectivity index (χ4n) is 1.79. The van der Waals surface area contributed by atoms with E-state index in [0.29, 0.717) is 11.5 Å². The van der Waals surface area contributed by atoms with Crippen LogP contribution in [0.2, 0.25) is 0 Å². The summed E-state index contributed by atoms with van der Waals surface area (Å²) in [4.78, 5) is 27.7. The Hall–Kier alpha value is -2.70. The number of hydrogen-bond donors (Lipinski definition) is 2. The lowest BCUT2D eigenvalue weighted by atomic mass is 10.3. The SMILES string of the molecule is Cc1cccc(NC(=O)CCNC(=O)c2ccnn2C)n1. The summed E-state index contributed by atoms with van der Waals surface area (Å²) in [6.07, 6.45) is 1.73. The molecular formula is C14H17N5O2. The smallest absolute Gasteiger partial charge is 0.269 e. The van der Waals surface area contributed by atoms with Crippen molar-refractivity contribution in [3.8, 4) is 0 Å². The van der Waals surface area contributed by atoms with E-state index in [4.69, 9.17) is 0 Å². The van der Waals surface area contributed by atoms with Crippen molar-refractivity contribution in [1.82, 2.24) is 20.1 Å². The maximum Gasteiger partial charge on any atom is 0.269 e. The molecule has 7 heteroatoms. The fraction of sp³-hybridized carbons (Fsp3) is 0.286. The summed E-state index contributed by atoms with van der Waals surface area (Å²) >= 11 is 0. The van der Waals surface area contributed by atoms with E-state index >= 15 is 0 Å². The van der Waals surface area contributed by atoms with Crippen LogP contribution in [0, 0.1) is 6.92 Å². The molecule has 21 heavy (non-hydrogen) atoms. The number of amides is 2. The number of aromatic nitrogens is 3. The molecule has 0 bridgehead atoms. The Kier molecular flexibility index (Phi) is 4.65. The van der Waals surface area contributed by atoms with Crippen molar-refractivity contribution >= 4 is 17.6 Å². The number of nitrogens with zero attached hydrogens (tertiary/aromatic N) is 3. The highest BCUT2D eigenvalue weighted by atomic mass is 16.2. The van der Waals surface area contributed by atoms with Crippen LogP contribution < -0.4 is 10.6 Å². The number of aryl methyl sites for hydroxylation is 2. The first kappa shape index (κ1) is 14.7. The molecule has 2 amide bonds. The van der Waals surface area contributed by atoms with E-state index in [-0.39, 0.29) is 24.8 Å². The van der Waals surface area contributed by atoms with Crippen LogP contribution in [0.4, 0.5) is 5.82 Å². The van der Waals surface area contributed by atoms with Gasteiger partial charge >= 0.3 is 0 Å². The van der Waals surface area contributed by atoms with Gasteiger partial charge in [-0.3, -0.25) is 14.3 Å². The fourth-order valence-corrected chi connectivity index (χ4v) is 1.79. The topological polar surface area (TPSA) is 88.9 Å². The third-order valence-corrected chi connectivity index (χ3v) is 2.85. The van der Waals surface area contributed by atoms with Crippen LogP contribution in [0.1, 0.15) is 22.6 Å². The molecular weight excluding hydrogens is 270 g/mol. The van der Waals surface area contributed by atoms with Crippen LogP contribution in [0.5, 0.6) is 0 Å². The van der Waals surface area contributed by atoms with Gasteiger partial charge in [0.2, 0.25) is 5.91 Å². The Morgan fingerprint density at radius 2 is 2.10 bits per heavy atom. The summed E-state index contributed by atoms with van der Waals surface area (Å²) in [6.45, 7) is 2.10. The van der Waals surface area contributed by atoms with Crippen molar-refractivity contribution in [2.45, 2.75) is 13.3 Å². The van der Waals surface area contributed by atoms with Crippen molar-refractivity contribution in [3.63, 3.8) is 0 Å². The zero-order valence-corrected chi connectivity index (χ0v) is 12.0. The van der Waals surface area contributed by atoms with Crippen molar-refractivity contribution in [1.29, 1.82) is 0 Å². The van der Waals surface area contributed by atoms with Gasteiger partial charge in [0.05, 0.1) is 0 Å². The van der Waals surface area contributed by atoms with Gasteiger partial charge in [-0.05, 0) is 25.1 Å². The Balaban J connectivity index is 1.77. The molecule has 2 aromatic rings. The van der Waals surface area contributed by atoms with E-state index in [1.165, 1.54) is 4.68 Å². The molecule has 0 saturated heterocycles. The number of pyridine rings is 1. The molecule has 2 heterocycles.